The van der Waals surface area contributed by atoms with Gasteiger partial charge in [0, 0.05) is 30.7 Å². The summed E-state index contributed by atoms with van der Waals surface area (Å²) in [5.41, 5.74) is -0.814. The number of carbonyl (C=O) groups is 2. The molecule has 2 aliphatic rings. The number of nitrogens with one attached hydrogen (secondary N) is 1. The van der Waals surface area contributed by atoms with Crippen molar-refractivity contribution in [1.82, 2.24) is 14.8 Å². The third kappa shape index (κ3) is 2.61. The van der Waals surface area contributed by atoms with Gasteiger partial charge in [0.1, 0.15) is 17.0 Å². The number of H-pyrrole nitrogens is 1. The van der Waals surface area contributed by atoms with Crippen LogP contribution in [0.3, 0.4) is 0 Å². The van der Waals surface area contributed by atoms with E-state index >= 15 is 0 Å². The summed E-state index contributed by atoms with van der Waals surface area (Å²) >= 11 is 0. The highest BCUT2D eigenvalue weighted by Gasteiger charge is 2.47. The van der Waals surface area contributed by atoms with Crippen LogP contribution in [0.1, 0.15) is 23.2 Å². The van der Waals surface area contributed by atoms with Crippen molar-refractivity contribution < 1.29 is 18.7 Å². The highest BCUT2D eigenvalue weighted by Crippen LogP contribution is 2.31. The van der Waals surface area contributed by atoms with Crippen LogP contribution in [0, 0.1) is 5.82 Å². The van der Waals surface area contributed by atoms with Crippen molar-refractivity contribution in [2.75, 3.05) is 26.7 Å². The molecule has 0 aliphatic carbocycles. The number of aromatic amines is 1. The minimum absolute atomic E-state index is 0.0437. The van der Waals surface area contributed by atoms with E-state index in [0.29, 0.717) is 31.4 Å². The topological polar surface area (TPSA) is 82.7 Å². The number of likely N-dealkylation sites (N-methyl/N-ethyl adjacent to an activating group) is 1. The van der Waals surface area contributed by atoms with Crippen LogP contribution in [0.25, 0.3) is 10.9 Å². The first-order chi connectivity index (χ1) is 12.4. The van der Waals surface area contributed by atoms with Gasteiger partial charge in [0.25, 0.3) is 5.91 Å². The number of rotatable bonds is 1. The van der Waals surface area contributed by atoms with Crippen LogP contribution in [-0.2, 0) is 4.74 Å². The van der Waals surface area contributed by atoms with Crippen molar-refractivity contribution in [2.24, 2.45) is 0 Å². The molecule has 4 rings (SSSR count). The van der Waals surface area contributed by atoms with Crippen molar-refractivity contribution in [2.45, 2.75) is 18.4 Å². The molecule has 1 aromatic heterocycles. The van der Waals surface area contributed by atoms with Gasteiger partial charge in [-0.3, -0.25) is 9.59 Å². The average Bonchev–Trinajstić information content (AvgIpc) is 2.88. The van der Waals surface area contributed by atoms with Gasteiger partial charge in [-0.15, -0.1) is 0 Å². The summed E-state index contributed by atoms with van der Waals surface area (Å²) < 4.78 is 19.0. The number of nitrogens with zero attached hydrogens (tertiary/aromatic N) is 2. The first-order valence-corrected chi connectivity index (χ1v) is 8.43. The summed E-state index contributed by atoms with van der Waals surface area (Å²) in [6.07, 6.45) is 2.30. The Morgan fingerprint density at radius 2 is 2.12 bits per heavy atom. The number of hydrogen-bond donors (Lipinski definition) is 1. The van der Waals surface area contributed by atoms with Gasteiger partial charge in [-0.1, -0.05) is 0 Å². The van der Waals surface area contributed by atoms with E-state index in [-0.39, 0.29) is 17.5 Å². The number of hydrogen-bond acceptors (Lipinski definition) is 4. The molecule has 2 aliphatic heterocycles. The fraction of sp³-hybridized carbons (Fsp3) is 0.389. The quantitative estimate of drug-likeness (QED) is 0.841. The summed E-state index contributed by atoms with van der Waals surface area (Å²) in [5, 5.41) is 0.134. The van der Waals surface area contributed by atoms with Gasteiger partial charge in [-0.2, -0.15) is 0 Å². The van der Waals surface area contributed by atoms with E-state index in [0.717, 1.165) is 6.07 Å². The summed E-state index contributed by atoms with van der Waals surface area (Å²) in [6.45, 7) is 1.12. The molecule has 2 saturated heterocycles. The number of pyridine rings is 1. The molecular weight excluding hydrogens is 341 g/mol. The van der Waals surface area contributed by atoms with Crippen molar-refractivity contribution in [3.63, 3.8) is 0 Å². The maximum absolute atomic E-state index is 13.5. The fourth-order valence-electron chi connectivity index (χ4n) is 3.80. The second-order valence-corrected chi connectivity index (χ2v) is 6.96. The molecule has 1 atom stereocenters. The number of halogens is 1. The van der Waals surface area contributed by atoms with Crippen LogP contribution in [0.4, 0.5) is 9.18 Å². The second kappa shape index (κ2) is 5.82. The van der Waals surface area contributed by atoms with Crippen molar-refractivity contribution >= 4 is 22.9 Å². The molecule has 1 N–H and O–H groups in total. The van der Waals surface area contributed by atoms with E-state index in [1.54, 1.807) is 7.05 Å². The third-order valence-corrected chi connectivity index (χ3v) is 5.04. The Labute approximate surface area is 148 Å². The zero-order valence-corrected chi connectivity index (χ0v) is 14.3. The van der Waals surface area contributed by atoms with E-state index in [9.17, 15) is 18.8 Å². The largest absolute Gasteiger partial charge is 0.439 e. The number of ether oxygens (including phenoxy) is 1. The van der Waals surface area contributed by atoms with Crippen LogP contribution in [-0.4, -0.2) is 59.1 Å². The van der Waals surface area contributed by atoms with Crippen molar-refractivity contribution in [3.05, 3.63) is 46.0 Å². The standard InChI is InChI=1S/C18H18FN3O4/c1-21-9-18(26-17(21)25)5-2-6-22(10-18)16(24)13-8-20-14-4-3-11(19)7-12(14)15(13)23/h3-4,7-8H,2,5-6,9-10H2,1H3,(H,20,23)/t18-/m0/s1. The van der Waals surface area contributed by atoms with Gasteiger partial charge in [-0.25, -0.2) is 9.18 Å². The molecule has 0 bridgehead atoms. The molecule has 7 nitrogen and oxygen atoms in total. The summed E-state index contributed by atoms with van der Waals surface area (Å²) in [6, 6.07) is 3.83. The normalized spacial score (nSPS) is 22.9. The molecule has 8 heteroatoms. The number of fused-ring (bicyclic) bond motifs is 1. The second-order valence-electron chi connectivity index (χ2n) is 6.96. The summed E-state index contributed by atoms with van der Waals surface area (Å²) in [5.74, 6) is -0.979. The van der Waals surface area contributed by atoms with Crippen molar-refractivity contribution in [3.8, 4) is 0 Å². The number of amides is 2. The van der Waals surface area contributed by atoms with Crippen LogP contribution in [0.15, 0.2) is 29.2 Å². The first kappa shape index (κ1) is 16.6. The Morgan fingerprint density at radius 3 is 2.85 bits per heavy atom. The van der Waals surface area contributed by atoms with Gasteiger partial charge in [-0.05, 0) is 31.0 Å². The molecule has 2 amide bonds. The Hall–Kier alpha value is -2.90. The van der Waals surface area contributed by atoms with Crippen LogP contribution < -0.4 is 5.43 Å². The van der Waals surface area contributed by atoms with Crippen LogP contribution in [0.5, 0.6) is 0 Å². The molecule has 1 spiro atoms. The van der Waals surface area contributed by atoms with Crippen LogP contribution in [0.2, 0.25) is 0 Å². The molecule has 2 fully saturated rings. The van der Waals surface area contributed by atoms with Gasteiger partial charge in [0.15, 0.2) is 0 Å². The third-order valence-electron chi connectivity index (χ3n) is 5.04. The maximum atomic E-state index is 13.5. The van der Waals surface area contributed by atoms with E-state index in [4.69, 9.17) is 4.74 Å². The lowest BCUT2D eigenvalue weighted by molar-refractivity contribution is -0.00526. The number of piperidine rings is 1. The Kier molecular flexibility index (Phi) is 3.71. The predicted molar refractivity (Wildman–Crippen MR) is 91.5 cm³/mol. The lowest BCUT2D eigenvalue weighted by atomic mass is 9.92. The number of likely N-dealkylation sites (tertiary alicyclic amines) is 1. The molecule has 136 valence electrons. The molecule has 0 unspecified atom stereocenters. The first-order valence-electron chi connectivity index (χ1n) is 8.43. The minimum atomic E-state index is -0.727. The van der Waals surface area contributed by atoms with E-state index in [1.807, 2.05) is 0 Å². The molecule has 26 heavy (non-hydrogen) atoms. The maximum Gasteiger partial charge on any atom is 0.410 e. The average molecular weight is 359 g/mol. The molecular formula is C18H18FN3O4. The smallest absolute Gasteiger partial charge is 0.410 e. The van der Waals surface area contributed by atoms with E-state index in [2.05, 4.69) is 4.98 Å². The molecule has 1 aromatic carbocycles. The van der Waals surface area contributed by atoms with Gasteiger partial charge >= 0.3 is 6.09 Å². The fourth-order valence-corrected chi connectivity index (χ4v) is 3.80. The summed E-state index contributed by atoms with van der Waals surface area (Å²) in [7, 11) is 1.65. The highest BCUT2D eigenvalue weighted by atomic mass is 19.1. The number of carbonyl (C=O) groups excluding carboxylic acids is 2. The lowest BCUT2D eigenvalue weighted by Gasteiger charge is -2.38. The van der Waals surface area contributed by atoms with Gasteiger partial charge in [0.05, 0.1) is 13.1 Å². The summed E-state index contributed by atoms with van der Waals surface area (Å²) in [4.78, 5) is 43.2. The Morgan fingerprint density at radius 1 is 1.31 bits per heavy atom. The van der Waals surface area contributed by atoms with Crippen LogP contribution >= 0.6 is 0 Å². The Balaban J connectivity index is 1.65. The molecule has 0 radical (unpaired) electrons. The van der Waals surface area contributed by atoms with E-state index in [1.165, 1.54) is 28.1 Å². The van der Waals surface area contributed by atoms with Crippen molar-refractivity contribution in [1.29, 1.82) is 0 Å². The Bertz CT molecular complexity index is 973. The van der Waals surface area contributed by atoms with Gasteiger partial charge in [0.2, 0.25) is 5.43 Å². The monoisotopic (exact) mass is 359 g/mol. The molecule has 2 aromatic rings. The van der Waals surface area contributed by atoms with E-state index < -0.39 is 28.8 Å². The minimum Gasteiger partial charge on any atom is -0.439 e. The predicted octanol–water partition coefficient (Wildman–Crippen LogP) is 1.72. The highest BCUT2D eigenvalue weighted by molar-refractivity contribution is 5.97. The molecule has 0 saturated carbocycles. The number of benzene rings is 1. The lowest BCUT2D eigenvalue weighted by Crippen LogP contribution is -2.52. The SMILES string of the molecule is CN1C[C@]2(CCCN(C(=O)c3c[nH]c4ccc(F)cc4c3=O)C2)OC1=O. The zero-order chi connectivity index (χ0) is 18.5. The van der Waals surface area contributed by atoms with Gasteiger partial charge < -0.3 is 19.5 Å². The zero-order valence-electron chi connectivity index (χ0n) is 14.3. The molecule has 3 heterocycles. The number of aromatic nitrogens is 1.